The molecule has 7 heteroatoms. The maximum Gasteiger partial charge on any atom is 0.322 e. The molecule has 0 aliphatic carbocycles. The quantitative estimate of drug-likeness (QED) is 0.318. The molecule has 0 fully saturated rings. The van der Waals surface area contributed by atoms with Gasteiger partial charge in [-0.05, 0) is 62.7 Å². The summed E-state index contributed by atoms with van der Waals surface area (Å²) in [5, 5.41) is 3.52. The lowest BCUT2D eigenvalue weighted by Crippen LogP contribution is -2.40. The molecule has 4 aromatic rings. The van der Waals surface area contributed by atoms with Crippen molar-refractivity contribution >= 4 is 38.6 Å². The molecule has 1 unspecified atom stereocenters. The van der Waals surface area contributed by atoms with Gasteiger partial charge in [0.15, 0.2) is 0 Å². The number of nitrogens with one attached hydrogen (secondary N) is 1. The van der Waals surface area contributed by atoms with Gasteiger partial charge in [-0.1, -0.05) is 58.7 Å². The molecule has 2 amide bonds. The van der Waals surface area contributed by atoms with E-state index in [9.17, 15) is 9.59 Å². The molecule has 174 valence electrons. The van der Waals surface area contributed by atoms with Crippen molar-refractivity contribution < 1.29 is 4.79 Å². The minimum atomic E-state index is -0.453. The van der Waals surface area contributed by atoms with E-state index >= 15 is 0 Å². The van der Waals surface area contributed by atoms with Gasteiger partial charge in [-0.3, -0.25) is 9.36 Å². The molecule has 0 aliphatic rings. The lowest BCUT2D eigenvalue weighted by molar-refractivity contribution is 0.189. The number of aryl methyl sites for hydroxylation is 1. The molecule has 1 N–H and O–H groups in total. The Hall–Kier alpha value is -3.45. The van der Waals surface area contributed by atoms with E-state index in [4.69, 9.17) is 4.98 Å². The van der Waals surface area contributed by atoms with Crippen LogP contribution >= 0.6 is 15.9 Å². The number of hydrogen-bond donors (Lipinski definition) is 1. The summed E-state index contributed by atoms with van der Waals surface area (Å²) in [7, 11) is 0. The van der Waals surface area contributed by atoms with Crippen molar-refractivity contribution in [1.82, 2.24) is 14.5 Å². The molecule has 0 saturated carbocycles. The van der Waals surface area contributed by atoms with Crippen LogP contribution in [-0.2, 0) is 0 Å². The van der Waals surface area contributed by atoms with Gasteiger partial charge in [-0.2, -0.15) is 0 Å². The maximum atomic E-state index is 13.6. The van der Waals surface area contributed by atoms with Gasteiger partial charge in [0.05, 0.1) is 22.6 Å². The second-order valence-electron chi connectivity index (χ2n) is 8.27. The molecule has 1 heterocycles. The Bertz CT molecular complexity index is 1380. The van der Waals surface area contributed by atoms with Crippen molar-refractivity contribution in [1.29, 1.82) is 0 Å². The summed E-state index contributed by atoms with van der Waals surface area (Å²) >= 11 is 3.44. The average Bonchev–Trinajstić information content (AvgIpc) is 2.83. The zero-order valence-electron chi connectivity index (χ0n) is 19.5. The Morgan fingerprint density at radius 2 is 1.82 bits per heavy atom. The van der Waals surface area contributed by atoms with E-state index in [1.165, 1.54) is 0 Å². The van der Waals surface area contributed by atoms with E-state index in [0.717, 1.165) is 22.1 Å². The van der Waals surface area contributed by atoms with Crippen LogP contribution in [0.2, 0.25) is 0 Å². The SMILES string of the molecule is CCCN(C(=O)Nc1cccc(Br)c1)C(C)c1nc2ccccc2c(=O)n1-c1ccc(C)cc1. The van der Waals surface area contributed by atoms with Gasteiger partial charge in [0.25, 0.3) is 5.56 Å². The maximum absolute atomic E-state index is 13.6. The third kappa shape index (κ3) is 4.89. The Morgan fingerprint density at radius 1 is 1.09 bits per heavy atom. The average molecular weight is 519 g/mol. The molecule has 3 aromatic carbocycles. The zero-order chi connectivity index (χ0) is 24.2. The summed E-state index contributed by atoms with van der Waals surface area (Å²) in [6.45, 7) is 6.45. The second kappa shape index (κ2) is 10.2. The van der Waals surface area contributed by atoms with E-state index in [2.05, 4.69) is 21.2 Å². The van der Waals surface area contributed by atoms with Gasteiger partial charge in [-0.15, -0.1) is 0 Å². The summed E-state index contributed by atoms with van der Waals surface area (Å²) in [5.41, 5.74) is 2.97. The highest BCUT2D eigenvalue weighted by molar-refractivity contribution is 9.10. The molecule has 0 spiro atoms. The van der Waals surface area contributed by atoms with Crippen molar-refractivity contribution in [2.45, 2.75) is 33.2 Å². The first kappa shape index (κ1) is 23.7. The smallest absolute Gasteiger partial charge is 0.315 e. The van der Waals surface area contributed by atoms with Crippen LogP contribution in [0.4, 0.5) is 10.5 Å². The summed E-state index contributed by atoms with van der Waals surface area (Å²) in [6, 6.07) is 21.8. The van der Waals surface area contributed by atoms with Crippen LogP contribution < -0.4 is 10.9 Å². The van der Waals surface area contributed by atoms with Gasteiger partial charge in [0.2, 0.25) is 0 Å². The third-order valence-corrected chi connectivity index (χ3v) is 6.23. The fourth-order valence-corrected chi connectivity index (χ4v) is 4.39. The van der Waals surface area contributed by atoms with Gasteiger partial charge in [0.1, 0.15) is 5.82 Å². The Labute approximate surface area is 207 Å². The number of benzene rings is 3. The van der Waals surface area contributed by atoms with Crippen LogP contribution in [0.15, 0.2) is 82.1 Å². The van der Waals surface area contributed by atoms with Crippen LogP contribution in [0.5, 0.6) is 0 Å². The van der Waals surface area contributed by atoms with E-state index in [-0.39, 0.29) is 11.6 Å². The Morgan fingerprint density at radius 3 is 2.53 bits per heavy atom. The molecule has 4 rings (SSSR count). The number of halogens is 1. The van der Waals surface area contributed by atoms with Crippen LogP contribution in [0.25, 0.3) is 16.6 Å². The lowest BCUT2D eigenvalue weighted by Gasteiger charge is -2.30. The minimum absolute atomic E-state index is 0.153. The molecular weight excluding hydrogens is 492 g/mol. The zero-order valence-corrected chi connectivity index (χ0v) is 21.0. The molecule has 34 heavy (non-hydrogen) atoms. The molecule has 0 radical (unpaired) electrons. The topological polar surface area (TPSA) is 67.2 Å². The molecule has 1 aromatic heterocycles. The highest BCUT2D eigenvalue weighted by atomic mass is 79.9. The number of carbonyl (C=O) groups is 1. The second-order valence-corrected chi connectivity index (χ2v) is 9.19. The predicted molar refractivity (Wildman–Crippen MR) is 141 cm³/mol. The predicted octanol–water partition coefficient (Wildman–Crippen LogP) is 6.46. The minimum Gasteiger partial charge on any atom is -0.315 e. The summed E-state index contributed by atoms with van der Waals surface area (Å²) < 4.78 is 2.51. The summed E-state index contributed by atoms with van der Waals surface area (Å²) in [6.07, 6.45) is 0.762. The standard InChI is InChI=1S/C27H27BrN4O2/c1-4-16-31(27(34)29-21-9-7-8-20(28)17-21)19(3)25-30-24-11-6-5-10-23(24)26(33)32(25)22-14-12-18(2)13-15-22/h5-15,17,19H,4,16H2,1-3H3,(H,29,34). The third-order valence-electron chi connectivity index (χ3n) is 5.74. The van der Waals surface area contributed by atoms with Crippen molar-refractivity contribution in [2.24, 2.45) is 0 Å². The van der Waals surface area contributed by atoms with Crippen LogP contribution in [0.1, 0.15) is 37.7 Å². The normalized spacial score (nSPS) is 11.9. The molecule has 6 nitrogen and oxygen atoms in total. The number of para-hydroxylation sites is 1. The van der Waals surface area contributed by atoms with Crippen LogP contribution in [0, 0.1) is 6.92 Å². The monoisotopic (exact) mass is 518 g/mol. The Balaban J connectivity index is 1.82. The van der Waals surface area contributed by atoms with E-state index < -0.39 is 6.04 Å². The Kier molecular flexibility index (Phi) is 7.12. The van der Waals surface area contributed by atoms with Crippen LogP contribution in [0.3, 0.4) is 0 Å². The van der Waals surface area contributed by atoms with Crippen molar-refractivity contribution in [3.8, 4) is 5.69 Å². The number of anilines is 1. The van der Waals surface area contributed by atoms with E-state index in [1.807, 2.05) is 87.5 Å². The number of rotatable bonds is 6. The lowest BCUT2D eigenvalue weighted by atomic mass is 10.1. The van der Waals surface area contributed by atoms with Crippen LogP contribution in [-0.4, -0.2) is 27.0 Å². The number of urea groups is 1. The van der Waals surface area contributed by atoms with Gasteiger partial charge >= 0.3 is 6.03 Å². The number of aromatic nitrogens is 2. The van der Waals surface area contributed by atoms with Gasteiger partial charge < -0.3 is 10.2 Å². The fourth-order valence-electron chi connectivity index (χ4n) is 3.99. The summed E-state index contributed by atoms with van der Waals surface area (Å²) in [5.74, 6) is 0.519. The molecule has 0 bridgehead atoms. The highest BCUT2D eigenvalue weighted by Gasteiger charge is 2.26. The number of amides is 2. The first-order valence-electron chi connectivity index (χ1n) is 11.3. The van der Waals surface area contributed by atoms with Gasteiger partial charge in [-0.25, -0.2) is 9.78 Å². The summed E-state index contributed by atoms with van der Waals surface area (Å²) in [4.78, 5) is 33.6. The van der Waals surface area contributed by atoms with Gasteiger partial charge in [0, 0.05) is 16.7 Å². The first-order chi connectivity index (χ1) is 16.4. The van der Waals surface area contributed by atoms with Crippen molar-refractivity contribution in [2.75, 3.05) is 11.9 Å². The van der Waals surface area contributed by atoms with Crippen molar-refractivity contribution in [3.63, 3.8) is 0 Å². The number of nitrogens with zero attached hydrogens (tertiary/aromatic N) is 3. The number of hydrogen-bond acceptors (Lipinski definition) is 3. The fraction of sp³-hybridized carbons (Fsp3) is 0.222. The largest absolute Gasteiger partial charge is 0.322 e. The first-order valence-corrected chi connectivity index (χ1v) is 12.1. The number of fused-ring (bicyclic) bond motifs is 1. The number of carbonyl (C=O) groups excluding carboxylic acids is 1. The van der Waals surface area contributed by atoms with E-state index in [1.54, 1.807) is 15.5 Å². The molecule has 0 aliphatic heterocycles. The highest BCUT2D eigenvalue weighted by Crippen LogP contribution is 2.25. The molecule has 1 atom stereocenters. The van der Waals surface area contributed by atoms with E-state index in [0.29, 0.717) is 29.0 Å². The molecular formula is C27H27BrN4O2. The van der Waals surface area contributed by atoms with Crippen molar-refractivity contribution in [3.05, 3.63) is 99.0 Å². The molecule has 0 saturated heterocycles.